The minimum atomic E-state index is 0.182. The number of nitrogens with zero attached hydrogens (tertiary/aromatic N) is 3. The van der Waals surface area contributed by atoms with Gasteiger partial charge >= 0.3 is 0 Å². The summed E-state index contributed by atoms with van der Waals surface area (Å²) in [4.78, 5) is 11.8. The second-order valence-electron chi connectivity index (χ2n) is 4.71. The van der Waals surface area contributed by atoms with E-state index in [1.165, 1.54) is 0 Å². The zero-order valence-electron chi connectivity index (χ0n) is 10.5. The summed E-state index contributed by atoms with van der Waals surface area (Å²) in [7, 11) is 0. The van der Waals surface area contributed by atoms with E-state index >= 15 is 0 Å². The summed E-state index contributed by atoms with van der Waals surface area (Å²) in [6.45, 7) is 0.548. The van der Waals surface area contributed by atoms with Crippen molar-refractivity contribution >= 4 is 5.78 Å². The molecule has 1 heterocycles. The van der Waals surface area contributed by atoms with Gasteiger partial charge in [-0.25, -0.2) is 0 Å². The predicted octanol–water partition coefficient (Wildman–Crippen LogP) is 2.32. The van der Waals surface area contributed by atoms with Crippen molar-refractivity contribution in [1.82, 2.24) is 9.78 Å². The van der Waals surface area contributed by atoms with E-state index in [4.69, 9.17) is 5.26 Å². The Labute approximate surface area is 111 Å². The largest absolute Gasteiger partial charge is 0.294 e. The number of nitriles is 1. The van der Waals surface area contributed by atoms with E-state index in [9.17, 15) is 4.79 Å². The molecular weight excluding hydrogens is 238 g/mol. The van der Waals surface area contributed by atoms with Gasteiger partial charge in [0.25, 0.3) is 0 Å². The van der Waals surface area contributed by atoms with Crippen LogP contribution in [0.15, 0.2) is 30.5 Å². The van der Waals surface area contributed by atoms with Gasteiger partial charge in [-0.05, 0) is 24.5 Å². The van der Waals surface area contributed by atoms with Crippen LogP contribution in [0, 0.1) is 11.3 Å². The summed E-state index contributed by atoms with van der Waals surface area (Å²) in [5, 5.41) is 13.4. The molecule has 0 fully saturated rings. The number of ketones is 1. The van der Waals surface area contributed by atoms with Gasteiger partial charge in [0, 0.05) is 12.1 Å². The van der Waals surface area contributed by atoms with Gasteiger partial charge in [-0.2, -0.15) is 10.4 Å². The number of carbonyl (C=O) groups excluding carboxylic acids is 1. The first-order chi connectivity index (χ1) is 9.29. The molecule has 2 aromatic rings. The molecule has 0 saturated carbocycles. The number of hydrogen-bond donors (Lipinski definition) is 0. The van der Waals surface area contributed by atoms with Crippen LogP contribution < -0.4 is 0 Å². The van der Waals surface area contributed by atoms with Crippen LogP contribution in [-0.2, 0) is 13.0 Å². The lowest BCUT2D eigenvalue weighted by Gasteiger charge is -2.13. The molecule has 0 amide bonds. The van der Waals surface area contributed by atoms with E-state index in [-0.39, 0.29) is 5.78 Å². The molecule has 1 aliphatic rings. The molecule has 3 rings (SSSR count). The standard InChI is InChI=1S/C15H13N3O/c16-8-11-4-1-2-5-12(11)10-18-14-6-3-7-15(19)13(14)9-17-18/h1-2,4-5,9H,3,6-7,10H2. The molecule has 1 aliphatic carbocycles. The summed E-state index contributed by atoms with van der Waals surface area (Å²) in [5.41, 5.74) is 3.35. The van der Waals surface area contributed by atoms with Crippen molar-refractivity contribution in [2.45, 2.75) is 25.8 Å². The Morgan fingerprint density at radius 3 is 3.00 bits per heavy atom. The fraction of sp³-hybridized carbons (Fsp3) is 0.267. The average molecular weight is 251 g/mol. The molecule has 94 valence electrons. The molecule has 0 bridgehead atoms. The number of fused-ring (bicyclic) bond motifs is 1. The lowest BCUT2D eigenvalue weighted by molar-refractivity contribution is 0.0972. The van der Waals surface area contributed by atoms with E-state index in [0.29, 0.717) is 18.5 Å². The van der Waals surface area contributed by atoms with Gasteiger partial charge in [-0.15, -0.1) is 0 Å². The molecule has 4 nitrogen and oxygen atoms in total. The summed E-state index contributed by atoms with van der Waals surface area (Å²) >= 11 is 0. The van der Waals surface area contributed by atoms with Crippen LogP contribution >= 0.6 is 0 Å². The molecule has 0 saturated heterocycles. The number of hydrogen-bond acceptors (Lipinski definition) is 3. The van der Waals surface area contributed by atoms with E-state index in [1.54, 1.807) is 12.3 Å². The van der Waals surface area contributed by atoms with Crippen LogP contribution in [0.3, 0.4) is 0 Å². The maximum Gasteiger partial charge on any atom is 0.166 e. The Bertz CT molecular complexity index is 679. The van der Waals surface area contributed by atoms with E-state index < -0.39 is 0 Å². The molecule has 1 aromatic heterocycles. The maximum atomic E-state index is 11.8. The van der Waals surface area contributed by atoms with Crippen molar-refractivity contribution < 1.29 is 4.79 Å². The second-order valence-corrected chi connectivity index (χ2v) is 4.71. The first-order valence-electron chi connectivity index (χ1n) is 6.35. The van der Waals surface area contributed by atoms with Crippen LogP contribution in [0.5, 0.6) is 0 Å². The first-order valence-corrected chi connectivity index (χ1v) is 6.35. The van der Waals surface area contributed by atoms with Crippen LogP contribution in [0.2, 0.25) is 0 Å². The predicted molar refractivity (Wildman–Crippen MR) is 69.8 cm³/mol. The second kappa shape index (κ2) is 4.69. The highest BCUT2D eigenvalue weighted by Crippen LogP contribution is 2.22. The van der Waals surface area contributed by atoms with Crippen molar-refractivity contribution in [3.05, 3.63) is 52.8 Å². The van der Waals surface area contributed by atoms with Crippen molar-refractivity contribution in [2.75, 3.05) is 0 Å². The SMILES string of the molecule is N#Cc1ccccc1Cn1ncc2c1CCCC2=O. The molecule has 0 atom stereocenters. The Balaban J connectivity index is 1.97. The average Bonchev–Trinajstić information content (AvgIpc) is 2.84. The van der Waals surface area contributed by atoms with Gasteiger partial charge in [0.15, 0.2) is 5.78 Å². The molecule has 19 heavy (non-hydrogen) atoms. The van der Waals surface area contributed by atoms with Crippen molar-refractivity contribution in [3.63, 3.8) is 0 Å². The summed E-state index contributed by atoms with van der Waals surface area (Å²) in [6, 6.07) is 9.68. The Hall–Kier alpha value is -2.41. The monoisotopic (exact) mass is 251 g/mol. The lowest BCUT2D eigenvalue weighted by atomic mass is 9.97. The van der Waals surface area contributed by atoms with E-state index in [1.807, 2.05) is 22.9 Å². The Morgan fingerprint density at radius 1 is 1.32 bits per heavy atom. The molecule has 0 N–H and O–H groups in total. The van der Waals surface area contributed by atoms with Gasteiger partial charge in [0.05, 0.1) is 29.9 Å². The van der Waals surface area contributed by atoms with Crippen LogP contribution in [0.25, 0.3) is 0 Å². The molecule has 1 aromatic carbocycles. The highest BCUT2D eigenvalue weighted by Gasteiger charge is 2.21. The third-order valence-electron chi connectivity index (χ3n) is 3.52. The van der Waals surface area contributed by atoms with Crippen molar-refractivity contribution in [1.29, 1.82) is 5.26 Å². The van der Waals surface area contributed by atoms with Gasteiger partial charge < -0.3 is 0 Å². The number of rotatable bonds is 2. The highest BCUT2D eigenvalue weighted by molar-refractivity contribution is 5.97. The van der Waals surface area contributed by atoms with E-state index in [0.717, 1.165) is 29.7 Å². The molecule has 0 aliphatic heterocycles. The zero-order chi connectivity index (χ0) is 13.2. The molecule has 4 heteroatoms. The minimum Gasteiger partial charge on any atom is -0.294 e. The van der Waals surface area contributed by atoms with Gasteiger partial charge in [0.1, 0.15) is 0 Å². The van der Waals surface area contributed by atoms with Gasteiger partial charge in [-0.3, -0.25) is 9.48 Å². The number of benzene rings is 1. The lowest BCUT2D eigenvalue weighted by Crippen LogP contribution is -2.14. The van der Waals surface area contributed by atoms with Crippen LogP contribution in [0.1, 0.15) is 40.0 Å². The van der Waals surface area contributed by atoms with Gasteiger partial charge in [0.2, 0.25) is 0 Å². The third-order valence-corrected chi connectivity index (χ3v) is 3.52. The first kappa shape index (κ1) is 11.7. The molecule has 0 unspecified atom stereocenters. The Kier molecular flexibility index (Phi) is 2.88. The topological polar surface area (TPSA) is 58.7 Å². The molecule has 0 spiro atoms. The smallest absolute Gasteiger partial charge is 0.166 e. The summed E-state index contributed by atoms with van der Waals surface area (Å²) in [5.74, 6) is 0.182. The van der Waals surface area contributed by atoms with E-state index in [2.05, 4.69) is 11.2 Å². The fourth-order valence-corrected chi connectivity index (χ4v) is 2.52. The summed E-state index contributed by atoms with van der Waals surface area (Å²) < 4.78 is 1.85. The summed E-state index contributed by atoms with van der Waals surface area (Å²) in [6.07, 6.45) is 4.05. The van der Waals surface area contributed by atoms with Crippen molar-refractivity contribution in [3.8, 4) is 6.07 Å². The third kappa shape index (κ3) is 2.04. The minimum absolute atomic E-state index is 0.182. The highest BCUT2D eigenvalue weighted by atomic mass is 16.1. The fourth-order valence-electron chi connectivity index (χ4n) is 2.52. The zero-order valence-corrected chi connectivity index (χ0v) is 10.5. The number of carbonyl (C=O) groups is 1. The number of Topliss-reactive ketones (excluding diaryl/α,β-unsaturated/α-hetero) is 1. The Morgan fingerprint density at radius 2 is 2.16 bits per heavy atom. The molecular formula is C15H13N3O. The van der Waals surface area contributed by atoms with Crippen molar-refractivity contribution in [2.24, 2.45) is 0 Å². The normalized spacial score (nSPS) is 13.9. The molecule has 0 radical (unpaired) electrons. The number of aromatic nitrogens is 2. The maximum absolute atomic E-state index is 11.8. The van der Waals surface area contributed by atoms with Crippen LogP contribution in [0.4, 0.5) is 0 Å². The van der Waals surface area contributed by atoms with Gasteiger partial charge in [-0.1, -0.05) is 18.2 Å². The quantitative estimate of drug-likeness (QED) is 0.823. The van der Waals surface area contributed by atoms with Crippen LogP contribution in [-0.4, -0.2) is 15.6 Å².